The molecule has 0 saturated heterocycles. The van der Waals surface area contributed by atoms with E-state index in [4.69, 9.17) is 8.83 Å². The highest BCUT2D eigenvalue weighted by Crippen LogP contribution is 2.48. The second-order valence-electron chi connectivity index (χ2n) is 15.0. The van der Waals surface area contributed by atoms with E-state index in [1.54, 1.807) is 0 Å². The van der Waals surface area contributed by atoms with Crippen LogP contribution in [0.4, 0.5) is 34.3 Å². The second-order valence-corrected chi connectivity index (χ2v) is 15.0. The van der Waals surface area contributed by atoms with E-state index in [9.17, 15) is 0 Å². The average molecular weight is 613 g/mol. The highest BCUT2D eigenvalue weighted by Gasteiger charge is 2.49. The van der Waals surface area contributed by atoms with Gasteiger partial charge in [0.05, 0.1) is 11.3 Å². The first-order chi connectivity index (χ1) is 22.6. The van der Waals surface area contributed by atoms with Gasteiger partial charge in [0.15, 0.2) is 0 Å². The zero-order chi connectivity index (χ0) is 32.2. The van der Waals surface area contributed by atoms with Crippen molar-refractivity contribution in [2.75, 3.05) is 9.80 Å². The van der Waals surface area contributed by atoms with Crippen LogP contribution in [0.3, 0.4) is 0 Å². The number of hydrogen-bond acceptors (Lipinski definition) is 4. The molecule has 2 aliphatic heterocycles. The smallest absolute Gasteiger partial charge is 0.302 e. The summed E-state index contributed by atoms with van der Waals surface area (Å²) in [6.07, 6.45) is 0. The van der Waals surface area contributed by atoms with Crippen molar-refractivity contribution in [1.29, 1.82) is 0 Å². The monoisotopic (exact) mass is 612 g/mol. The van der Waals surface area contributed by atoms with Crippen LogP contribution in [0.1, 0.15) is 52.7 Å². The van der Waals surface area contributed by atoms with E-state index in [1.165, 1.54) is 16.6 Å². The molecular weight excluding hydrogens is 575 g/mol. The fourth-order valence-corrected chi connectivity index (χ4v) is 7.57. The lowest BCUT2D eigenvalue weighted by Crippen LogP contribution is -2.60. The van der Waals surface area contributed by atoms with E-state index in [0.717, 1.165) is 67.4 Å². The number of para-hydroxylation sites is 2. The fraction of sp³-hybridized carbons (Fsp3) is 0.190. The summed E-state index contributed by atoms with van der Waals surface area (Å²) in [5, 5.41) is 2.24. The third-order valence-electron chi connectivity index (χ3n) is 9.98. The molecule has 4 nitrogen and oxygen atoms in total. The molecule has 0 amide bonds. The van der Waals surface area contributed by atoms with Crippen molar-refractivity contribution in [2.45, 2.75) is 52.4 Å². The molecule has 2 aromatic heterocycles. The number of fused-ring (bicyclic) bond motifs is 8. The quantitative estimate of drug-likeness (QED) is 0.182. The third kappa shape index (κ3) is 4.08. The number of benzene rings is 5. The van der Waals surface area contributed by atoms with Gasteiger partial charge in [0, 0.05) is 39.0 Å². The Hall–Kier alpha value is -5.16. The zero-order valence-electron chi connectivity index (χ0n) is 27.8. The van der Waals surface area contributed by atoms with E-state index in [-0.39, 0.29) is 17.5 Å². The average Bonchev–Trinajstić information content (AvgIpc) is 3.63. The Labute approximate surface area is 276 Å². The van der Waals surface area contributed by atoms with Crippen molar-refractivity contribution in [3.05, 3.63) is 126 Å². The van der Waals surface area contributed by atoms with Gasteiger partial charge in [-0.05, 0) is 82.0 Å². The van der Waals surface area contributed by atoms with Crippen LogP contribution in [0.15, 0.2) is 124 Å². The maximum absolute atomic E-state index is 7.03. The first kappa shape index (κ1) is 28.1. The summed E-state index contributed by atoms with van der Waals surface area (Å²) in [6, 6.07) is 41.5. The predicted octanol–water partition coefficient (Wildman–Crippen LogP) is 9.86. The summed E-state index contributed by atoms with van der Waals surface area (Å²) in [5.41, 5.74) is 13.3. The molecule has 0 atom stereocenters. The van der Waals surface area contributed by atoms with Gasteiger partial charge >= 0.3 is 6.71 Å². The van der Waals surface area contributed by atoms with Crippen LogP contribution in [0.5, 0.6) is 0 Å². The normalized spacial score (nSPS) is 14.0. The standard InChI is InChI=1S/C42H37BN2O2/c1-41(2,3)26-19-22-29(23-20-26)45-33-17-12-16-32-37(33)43(36-30-15-10-11-18-34(30)47-40(36)45)39-38(44(32)28-13-8-7-9-14-28)31-25-27(42(4,5)6)21-24-35(31)46-39/h7-25H,1-6H3. The van der Waals surface area contributed by atoms with Crippen molar-refractivity contribution < 1.29 is 8.83 Å². The lowest BCUT2D eigenvalue weighted by Gasteiger charge is -2.40. The highest BCUT2D eigenvalue weighted by atomic mass is 16.4. The minimum absolute atomic E-state index is 0.00251. The summed E-state index contributed by atoms with van der Waals surface area (Å²) < 4.78 is 13.9. The second kappa shape index (κ2) is 9.68. The maximum Gasteiger partial charge on any atom is 0.302 e. The van der Waals surface area contributed by atoms with Crippen LogP contribution < -0.4 is 26.4 Å². The number of rotatable bonds is 2. The fourth-order valence-electron chi connectivity index (χ4n) is 7.57. The SMILES string of the molecule is CC(C)(C)c1ccc(N2c3cccc4c3B(c3oc5ccc(C(C)(C)C)cc5c3N4c3ccccc3)c3c2oc2ccccc32)cc1. The Bertz CT molecular complexity index is 2340. The Morgan fingerprint density at radius 3 is 1.85 bits per heavy atom. The molecule has 0 spiro atoms. The van der Waals surface area contributed by atoms with E-state index in [2.05, 4.69) is 167 Å². The van der Waals surface area contributed by atoms with Crippen LogP contribution >= 0.6 is 0 Å². The molecule has 4 heterocycles. The number of hydrogen-bond donors (Lipinski definition) is 0. The molecule has 0 saturated carbocycles. The first-order valence-corrected chi connectivity index (χ1v) is 16.6. The van der Waals surface area contributed by atoms with Crippen molar-refractivity contribution in [3.8, 4) is 0 Å². The van der Waals surface area contributed by atoms with Crippen LogP contribution in [0.2, 0.25) is 0 Å². The van der Waals surface area contributed by atoms with Gasteiger partial charge in [-0.2, -0.15) is 0 Å². The molecule has 0 aliphatic carbocycles. The van der Waals surface area contributed by atoms with Gasteiger partial charge in [-0.25, -0.2) is 0 Å². The molecule has 230 valence electrons. The minimum atomic E-state index is -0.148. The van der Waals surface area contributed by atoms with Gasteiger partial charge < -0.3 is 13.7 Å². The Morgan fingerprint density at radius 1 is 0.511 bits per heavy atom. The lowest BCUT2D eigenvalue weighted by molar-refractivity contribution is 0.590. The van der Waals surface area contributed by atoms with Crippen molar-refractivity contribution >= 4 is 79.6 Å². The Kier molecular flexibility index (Phi) is 5.79. The van der Waals surface area contributed by atoms with Crippen LogP contribution in [0.25, 0.3) is 21.9 Å². The van der Waals surface area contributed by atoms with E-state index >= 15 is 0 Å². The zero-order valence-corrected chi connectivity index (χ0v) is 27.8. The summed E-state index contributed by atoms with van der Waals surface area (Å²) in [7, 11) is 0. The van der Waals surface area contributed by atoms with Crippen LogP contribution in [-0.2, 0) is 10.8 Å². The summed E-state index contributed by atoms with van der Waals surface area (Å²) >= 11 is 0. The summed E-state index contributed by atoms with van der Waals surface area (Å²) in [4.78, 5) is 4.72. The first-order valence-electron chi connectivity index (χ1n) is 16.6. The van der Waals surface area contributed by atoms with Gasteiger partial charge in [0.1, 0.15) is 11.2 Å². The van der Waals surface area contributed by atoms with Gasteiger partial charge in [-0.3, -0.25) is 4.90 Å². The molecule has 0 unspecified atom stereocenters. The number of furan rings is 2. The topological polar surface area (TPSA) is 32.8 Å². The van der Waals surface area contributed by atoms with E-state index in [0.29, 0.717) is 0 Å². The minimum Gasteiger partial charge on any atom is -0.468 e. The molecule has 2 aliphatic rings. The molecule has 0 radical (unpaired) electrons. The van der Waals surface area contributed by atoms with E-state index in [1.807, 2.05) is 0 Å². The Balaban J connectivity index is 1.39. The predicted molar refractivity (Wildman–Crippen MR) is 197 cm³/mol. The molecule has 5 aromatic carbocycles. The van der Waals surface area contributed by atoms with Crippen molar-refractivity contribution in [1.82, 2.24) is 0 Å². The summed E-state index contributed by atoms with van der Waals surface area (Å²) in [6.45, 7) is 13.4. The molecule has 5 heteroatoms. The van der Waals surface area contributed by atoms with Gasteiger partial charge in [0.2, 0.25) is 5.88 Å². The van der Waals surface area contributed by atoms with Crippen LogP contribution in [0, 0.1) is 0 Å². The molecule has 0 fully saturated rings. The largest absolute Gasteiger partial charge is 0.468 e. The molecule has 0 N–H and O–H groups in total. The van der Waals surface area contributed by atoms with Crippen molar-refractivity contribution in [3.63, 3.8) is 0 Å². The molecule has 7 aromatic rings. The molecule has 9 rings (SSSR count). The number of nitrogens with zero attached hydrogens (tertiary/aromatic N) is 2. The molecular formula is C42H37BN2O2. The van der Waals surface area contributed by atoms with Gasteiger partial charge in [-0.15, -0.1) is 0 Å². The number of anilines is 6. The summed E-state index contributed by atoms with van der Waals surface area (Å²) in [5.74, 6) is 0.847. The van der Waals surface area contributed by atoms with Gasteiger partial charge in [0.25, 0.3) is 0 Å². The molecule has 47 heavy (non-hydrogen) atoms. The van der Waals surface area contributed by atoms with Crippen molar-refractivity contribution in [2.24, 2.45) is 0 Å². The van der Waals surface area contributed by atoms with Gasteiger partial charge in [-0.1, -0.05) is 102 Å². The third-order valence-corrected chi connectivity index (χ3v) is 9.98. The maximum atomic E-state index is 7.03. The lowest BCUT2D eigenvalue weighted by atomic mass is 9.35. The van der Waals surface area contributed by atoms with E-state index < -0.39 is 0 Å². The van der Waals surface area contributed by atoms with Crippen LogP contribution in [-0.4, -0.2) is 6.71 Å². The Morgan fingerprint density at radius 2 is 1.13 bits per heavy atom. The molecule has 0 bridgehead atoms. The highest BCUT2D eigenvalue weighted by molar-refractivity contribution is 7.01.